The molecule has 1 aromatic heterocycles. The summed E-state index contributed by atoms with van der Waals surface area (Å²) in [7, 11) is 1.57. The molecular formula is C27H24N2O5. The van der Waals surface area contributed by atoms with Gasteiger partial charge in [-0.3, -0.25) is 14.6 Å². The van der Waals surface area contributed by atoms with Crippen LogP contribution in [-0.4, -0.2) is 39.9 Å². The first kappa shape index (κ1) is 21.7. The van der Waals surface area contributed by atoms with Crippen LogP contribution in [0.5, 0.6) is 11.5 Å². The van der Waals surface area contributed by atoms with Crippen molar-refractivity contribution in [3.8, 4) is 11.5 Å². The molecule has 1 fully saturated rings. The van der Waals surface area contributed by atoms with Gasteiger partial charge in [0.15, 0.2) is 0 Å². The fourth-order valence-electron chi connectivity index (χ4n) is 4.59. The molecule has 1 saturated heterocycles. The molecule has 172 valence electrons. The van der Waals surface area contributed by atoms with E-state index in [9.17, 15) is 14.7 Å². The zero-order valence-corrected chi connectivity index (χ0v) is 18.9. The summed E-state index contributed by atoms with van der Waals surface area (Å²) in [6.45, 7) is 2.18. The van der Waals surface area contributed by atoms with E-state index < -0.39 is 17.7 Å². The third-order valence-electron chi connectivity index (χ3n) is 6.24. The van der Waals surface area contributed by atoms with Crippen molar-refractivity contribution in [2.24, 2.45) is 0 Å². The van der Waals surface area contributed by atoms with Gasteiger partial charge in [0.05, 0.1) is 18.7 Å². The number of fused-ring (bicyclic) bond motifs is 1. The van der Waals surface area contributed by atoms with E-state index in [-0.39, 0.29) is 24.0 Å². The van der Waals surface area contributed by atoms with Crippen LogP contribution in [0.15, 0.2) is 72.6 Å². The first-order valence-electron chi connectivity index (χ1n) is 11.1. The smallest absolute Gasteiger partial charge is 0.295 e. The van der Waals surface area contributed by atoms with Crippen molar-refractivity contribution >= 4 is 17.4 Å². The summed E-state index contributed by atoms with van der Waals surface area (Å²) in [5, 5.41) is 11.3. The Labute approximate surface area is 197 Å². The standard InChI is InChI=1S/C27H24N2O5/c1-16-13-20-14-19(5-8-22(20)34-16)25(30)23-24(18-3-6-21(33-2)7-4-18)29(27(32)26(23)31)15-17-9-11-28-12-10-17/h3-12,14,16,24,30H,13,15H2,1-2H3/b25-23+/t16-,24+/m0/s1. The van der Waals surface area contributed by atoms with Crippen LogP contribution in [0.4, 0.5) is 0 Å². The van der Waals surface area contributed by atoms with Crippen LogP contribution in [0.25, 0.3) is 5.76 Å². The first-order chi connectivity index (χ1) is 16.5. The number of nitrogens with zero attached hydrogens (tertiary/aromatic N) is 2. The monoisotopic (exact) mass is 456 g/mol. The molecule has 5 rings (SSSR count). The third kappa shape index (κ3) is 3.79. The van der Waals surface area contributed by atoms with Gasteiger partial charge in [-0.2, -0.15) is 0 Å². The Bertz CT molecular complexity index is 1280. The fraction of sp³-hybridized carbons (Fsp3) is 0.222. The number of benzene rings is 2. The number of hydrogen-bond acceptors (Lipinski definition) is 6. The highest BCUT2D eigenvalue weighted by Gasteiger charge is 2.46. The summed E-state index contributed by atoms with van der Waals surface area (Å²) in [6.07, 6.45) is 4.05. The molecule has 1 N–H and O–H groups in total. The first-order valence-corrected chi connectivity index (χ1v) is 11.1. The number of ether oxygens (including phenoxy) is 2. The van der Waals surface area contributed by atoms with Gasteiger partial charge in [0.1, 0.15) is 23.4 Å². The normalized spacial score (nSPS) is 20.8. The third-order valence-corrected chi connectivity index (χ3v) is 6.24. The molecule has 0 bridgehead atoms. The van der Waals surface area contributed by atoms with Crippen molar-refractivity contribution in [3.05, 3.63) is 94.8 Å². The number of aromatic nitrogens is 1. The molecule has 7 nitrogen and oxygen atoms in total. The molecule has 2 atom stereocenters. The molecule has 3 heterocycles. The molecule has 2 aliphatic heterocycles. The number of ketones is 1. The summed E-state index contributed by atoms with van der Waals surface area (Å²) >= 11 is 0. The molecule has 3 aromatic rings. The fourth-order valence-corrected chi connectivity index (χ4v) is 4.59. The summed E-state index contributed by atoms with van der Waals surface area (Å²) in [5.41, 5.74) is 3.05. The van der Waals surface area contributed by atoms with Crippen LogP contribution in [-0.2, 0) is 22.6 Å². The molecule has 2 aromatic carbocycles. The van der Waals surface area contributed by atoms with Crippen LogP contribution in [0.3, 0.4) is 0 Å². The van der Waals surface area contributed by atoms with Gasteiger partial charge in [0, 0.05) is 30.9 Å². The molecule has 0 radical (unpaired) electrons. The average Bonchev–Trinajstić information content (AvgIpc) is 3.35. The number of amides is 1. The summed E-state index contributed by atoms with van der Waals surface area (Å²) in [4.78, 5) is 31.9. The van der Waals surface area contributed by atoms with Gasteiger partial charge in [0.2, 0.25) is 0 Å². The lowest BCUT2D eigenvalue weighted by atomic mass is 9.94. The van der Waals surface area contributed by atoms with E-state index in [4.69, 9.17) is 9.47 Å². The predicted molar refractivity (Wildman–Crippen MR) is 125 cm³/mol. The zero-order valence-electron chi connectivity index (χ0n) is 18.9. The number of Topliss-reactive ketones (excluding diaryl/α,β-unsaturated/α-hetero) is 1. The quantitative estimate of drug-likeness (QED) is 0.354. The van der Waals surface area contributed by atoms with E-state index in [2.05, 4.69) is 4.98 Å². The van der Waals surface area contributed by atoms with Crippen molar-refractivity contribution < 1.29 is 24.2 Å². The second-order valence-corrected chi connectivity index (χ2v) is 8.51. The lowest BCUT2D eigenvalue weighted by Crippen LogP contribution is -2.29. The Morgan fingerprint density at radius 1 is 1.12 bits per heavy atom. The maximum absolute atomic E-state index is 13.2. The maximum atomic E-state index is 13.2. The average molecular weight is 456 g/mol. The van der Waals surface area contributed by atoms with Gasteiger partial charge in [-0.1, -0.05) is 12.1 Å². The molecule has 0 spiro atoms. The largest absolute Gasteiger partial charge is 0.507 e. The number of likely N-dealkylation sites (tertiary alicyclic amines) is 1. The number of pyridine rings is 1. The van der Waals surface area contributed by atoms with Crippen molar-refractivity contribution in [2.45, 2.75) is 32.0 Å². The van der Waals surface area contributed by atoms with Gasteiger partial charge < -0.3 is 19.5 Å². The van der Waals surface area contributed by atoms with Crippen molar-refractivity contribution in [1.82, 2.24) is 9.88 Å². The Morgan fingerprint density at radius 3 is 2.56 bits per heavy atom. The zero-order chi connectivity index (χ0) is 23.8. The number of carbonyl (C=O) groups excluding carboxylic acids is 2. The molecule has 2 aliphatic rings. The number of carbonyl (C=O) groups is 2. The van der Waals surface area contributed by atoms with Crippen molar-refractivity contribution in [1.29, 1.82) is 0 Å². The van der Waals surface area contributed by atoms with Gasteiger partial charge in [-0.25, -0.2) is 0 Å². The summed E-state index contributed by atoms with van der Waals surface area (Å²) < 4.78 is 11.0. The number of aliphatic hydroxyl groups excluding tert-OH is 1. The molecule has 34 heavy (non-hydrogen) atoms. The number of hydrogen-bond donors (Lipinski definition) is 1. The molecule has 0 aliphatic carbocycles. The summed E-state index contributed by atoms with van der Waals surface area (Å²) in [5.74, 6) is -0.134. The van der Waals surface area contributed by atoms with Gasteiger partial charge in [-0.05, 0) is 66.1 Å². The van der Waals surface area contributed by atoms with Crippen molar-refractivity contribution in [2.75, 3.05) is 7.11 Å². The molecule has 7 heteroatoms. The number of methoxy groups -OCH3 is 1. The Hall–Kier alpha value is -4.13. The van der Waals surface area contributed by atoms with Gasteiger partial charge in [-0.15, -0.1) is 0 Å². The van der Waals surface area contributed by atoms with Crippen molar-refractivity contribution in [3.63, 3.8) is 0 Å². The topological polar surface area (TPSA) is 89.0 Å². The highest BCUT2D eigenvalue weighted by Crippen LogP contribution is 2.41. The molecule has 1 amide bonds. The Balaban J connectivity index is 1.62. The lowest BCUT2D eigenvalue weighted by molar-refractivity contribution is -0.140. The highest BCUT2D eigenvalue weighted by molar-refractivity contribution is 6.46. The van der Waals surface area contributed by atoms with E-state index in [0.717, 1.165) is 23.3 Å². The second kappa shape index (κ2) is 8.67. The van der Waals surface area contributed by atoms with Crippen LogP contribution in [0.1, 0.15) is 35.2 Å². The van der Waals surface area contributed by atoms with Gasteiger partial charge in [0.25, 0.3) is 11.7 Å². The van der Waals surface area contributed by atoms with Crippen LogP contribution < -0.4 is 9.47 Å². The van der Waals surface area contributed by atoms with Crippen LogP contribution >= 0.6 is 0 Å². The minimum Gasteiger partial charge on any atom is -0.507 e. The molecular weight excluding hydrogens is 432 g/mol. The number of aliphatic hydroxyl groups is 1. The maximum Gasteiger partial charge on any atom is 0.295 e. The molecule has 0 unspecified atom stereocenters. The van der Waals surface area contributed by atoms with E-state index in [0.29, 0.717) is 16.9 Å². The predicted octanol–water partition coefficient (Wildman–Crippen LogP) is 4.04. The Kier molecular flexibility index (Phi) is 5.53. The van der Waals surface area contributed by atoms with E-state index in [1.165, 1.54) is 4.90 Å². The van der Waals surface area contributed by atoms with E-state index >= 15 is 0 Å². The van der Waals surface area contributed by atoms with Crippen LogP contribution in [0.2, 0.25) is 0 Å². The van der Waals surface area contributed by atoms with E-state index in [1.54, 1.807) is 68.0 Å². The SMILES string of the molecule is COc1ccc([C@@H]2/C(=C(\O)c3ccc4c(c3)C[C@H](C)O4)C(=O)C(=O)N2Cc2ccncc2)cc1. The number of rotatable bonds is 5. The van der Waals surface area contributed by atoms with E-state index in [1.807, 2.05) is 13.0 Å². The second-order valence-electron chi connectivity index (χ2n) is 8.51. The Morgan fingerprint density at radius 2 is 1.85 bits per heavy atom. The van der Waals surface area contributed by atoms with Crippen LogP contribution in [0, 0.1) is 0 Å². The summed E-state index contributed by atoms with van der Waals surface area (Å²) in [6, 6.07) is 15.3. The minimum absolute atomic E-state index is 0.0534. The van der Waals surface area contributed by atoms with Gasteiger partial charge >= 0.3 is 0 Å². The highest BCUT2D eigenvalue weighted by atomic mass is 16.5. The lowest BCUT2D eigenvalue weighted by Gasteiger charge is -2.25. The molecule has 0 saturated carbocycles. The minimum atomic E-state index is -0.748.